The summed E-state index contributed by atoms with van der Waals surface area (Å²) < 4.78 is 18.3. The molecule has 0 aromatic heterocycles. The number of carboxylic acid groups (broad SMARTS) is 1. The number of rotatable bonds is 5. The van der Waals surface area contributed by atoms with Crippen LogP contribution in [0.1, 0.15) is 17.3 Å². The third kappa shape index (κ3) is 2.95. The van der Waals surface area contributed by atoms with Crippen molar-refractivity contribution in [2.24, 2.45) is 5.73 Å². The number of carbonyl (C=O) groups is 2. The highest BCUT2D eigenvalue weighted by atomic mass is 19.1. The van der Waals surface area contributed by atoms with E-state index >= 15 is 0 Å². The molecule has 98 valence electrons. The van der Waals surface area contributed by atoms with Gasteiger partial charge in [-0.3, -0.25) is 4.79 Å². The average molecular weight is 257 g/mol. The summed E-state index contributed by atoms with van der Waals surface area (Å²) in [6.07, 6.45) is 0. The highest BCUT2D eigenvalue weighted by molar-refractivity contribution is 5.95. The number of carboxylic acids is 1. The molecule has 1 aromatic carbocycles. The second kappa shape index (κ2) is 5.01. The van der Waals surface area contributed by atoms with Gasteiger partial charge in [-0.15, -0.1) is 0 Å². The van der Waals surface area contributed by atoms with Gasteiger partial charge in [0.1, 0.15) is 23.7 Å². The fourth-order valence-electron chi connectivity index (χ4n) is 1.14. The maximum absolute atomic E-state index is 13.3. The van der Waals surface area contributed by atoms with Gasteiger partial charge in [0.05, 0.1) is 0 Å². The molecule has 1 rings (SSSR count). The first kappa shape index (κ1) is 13.9. The molecule has 0 saturated carbocycles. The molecule has 0 bridgehead atoms. The first-order chi connectivity index (χ1) is 8.25. The Hall–Kier alpha value is -2.15. The first-order valence-electron chi connectivity index (χ1n) is 4.92. The van der Waals surface area contributed by atoms with E-state index in [4.69, 9.17) is 15.6 Å². The fourth-order valence-corrected chi connectivity index (χ4v) is 1.14. The van der Waals surface area contributed by atoms with E-state index in [0.717, 1.165) is 13.0 Å². The zero-order valence-electron chi connectivity index (χ0n) is 9.51. The molecular formula is C11H12FNO5. The third-order valence-corrected chi connectivity index (χ3v) is 2.19. The van der Waals surface area contributed by atoms with E-state index in [2.05, 4.69) is 0 Å². The van der Waals surface area contributed by atoms with Crippen LogP contribution in [0.2, 0.25) is 0 Å². The standard InChI is InChI=1S/C11H12FNO5/c1-11(17,10(15)16)5-18-7-4-2-3-6(12)8(7)9(13)14/h2-4,17H,5H2,1H3,(H2,13,14)(H,15,16). The lowest BCUT2D eigenvalue weighted by atomic mass is 10.1. The first-order valence-corrected chi connectivity index (χ1v) is 4.92. The summed E-state index contributed by atoms with van der Waals surface area (Å²) in [6, 6.07) is 3.54. The van der Waals surface area contributed by atoms with Gasteiger partial charge in [0, 0.05) is 0 Å². The van der Waals surface area contributed by atoms with Gasteiger partial charge in [0.15, 0.2) is 5.60 Å². The summed E-state index contributed by atoms with van der Waals surface area (Å²) in [6.45, 7) is 0.366. The van der Waals surface area contributed by atoms with Gasteiger partial charge in [-0.1, -0.05) is 6.07 Å². The van der Waals surface area contributed by atoms with Crippen LogP contribution in [-0.4, -0.2) is 34.3 Å². The van der Waals surface area contributed by atoms with E-state index in [-0.39, 0.29) is 5.75 Å². The van der Waals surface area contributed by atoms with Crippen molar-refractivity contribution in [1.82, 2.24) is 0 Å². The molecule has 1 amide bonds. The van der Waals surface area contributed by atoms with Crippen LogP contribution in [0.4, 0.5) is 4.39 Å². The second-order valence-corrected chi connectivity index (χ2v) is 3.84. The van der Waals surface area contributed by atoms with Crippen LogP contribution >= 0.6 is 0 Å². The molecule has 1 aromatic rings. The van der Waals surface area contributed by atoms with E-state index in [1.54, 1.807) is 0 Å². The molecule has 0 heterocycles. The van der Waals surface area contributed by atoms with Crippen molar-refractivity contribution < 1.29 is 28.9 Å². The van der Waals surface area contributed by atoms with E-state index < -0.39 is 35.5 Å². The highest BCUT2D eigenvalue weighted by Crippen LogP contribution is 2.22. The summed E-state index contributed by atoms with van der Waals surface area (Å²) >= 11 is 0. The van der Waals surface area contributed by atoms with Crippen molar-refractivity contribution >= 4 is 11.9 Å². The molecule has 1 atom stereocenters. The van der Waals surface area contributed by atoms with Gasteiger partial charge >= 0.3 is 5.97 Å². The van der Waals surface area contributed by atoms with Crippen molar-refractivity contribution in [3.8, 4) is 5.75 Å². The number of ether oxygens (including phenoxy) is 1. The van der Waals surface area contributed by atoms with Gasteiger partial charge in [0.25, 0.3) is 5.91 Å². The molecule has 6 nitrogen and oxygen atoms in total. The zero-order valence-corrected chi connectivity index (χ0v) is 9.51. The maximum Gasteiger partial charge on any atom is 0.339 e. The lowest BCUT2D eigenvalue weighted by Crippen LogP contribution is -2.41. The highest BCUT2D eigenvalue weighted by Gasteiger charge is 2.31. The minimum atomic E-state index is -2.15. The molecule has 0 aliphatic heterocycles. The number of aliphatic carboxylic acids is 1. The van der Waals surface area contributed by atoms with Gasteiger partial charge in [-0.2, -0.15) is 0 Å². The number of hydrogen-bond acceptors (Lipinski definition) is 4. The minimum Gasteiger partial charge on any atom is -0.489 e. The maximum atomic E-state index is 13.3. The molecule has 0 radical (unpaired) electrons. The molecule has 0 aliphatic carbocycles. The Morgan fingerprint density at radius 1 is 1.50 bits per heavy atom. The fraction of sp³-hybridized carbons (Fsp3) is 0.273. The predicted molar refractivity (Wildman–Crippen MR) is 58.7 cm³/mol. The summed E-state index contributed by atoms with van der Waals surface area (Å²) in [5, 5.41) is 18.1. The summed E-state index contributed by atoms with van der Waals surface area (Å²) in [7, 11) is 0. The number of hydrogen-bond donors (Lipinski definition) is 3. The molecule has 7 heteroatoms. The number of halogens is 1. The SMILES string of the molecule is CC(O)(COc1cccc(F)c1C(N)=O)C(=O)O. The van der Waals surface area contributed by atoms with Gasteiger partial charge < -0.3 is 20.7 Å². The lowest BCUT2D eigenvalue weighted by Gasteiger charge is -2.19. The third-order valence-electron chi connectivity index (χ3n) is 2.19. The van der Waals surface area contributed by atoms with Crippen molar-refractivity contribution in [2.45, 2.75) is 12.5 Å². The normalized spacial score (nSPS) is 13.7. The van der Waals surface area contributed by atoms with Crippen molar-refractivity contribution in [3.05, 3.63) is 29.6 Å². The number of carbonyl (C=O) groups excluding carboxylic acids is 1. The van der Waals surface area contributed by atoms with Crippen molar-refractivity contribution in [1.29, 1.82) is 0 Å². The summed E-state index contributed by atoms with van der Waals surface area (Å²) in [4.78, 5) is 21.7. The van der Waals surface area contributed by atoms with Crippen LogP contribution in [0.5, 0.6) is 5.75 Å². The minimum absolute atomic E-state index is 0.218. The molecule has 4 N–H and O–H groups in total. The van der Waals surface area contributed by atoms with Crippen molar-refractivity contribution in [3.63, 3.8) is 0 Å². The summed E-state index contributed by atoms with van der Waals surface area (Å²) in [5.41, 5.74) is 2.34. The van der Waals surface area contributed by atoms with Gasteiger partial charge in [-0.05, 0) is 19.1 Å². The average Bonchev–Trinajstić information content (AvgIpc) is 2.25. The van der Waals surface area contributed by atoms with Crippen LogP contribution in [0, 0.1) is 5.82 Å². The molecule has 18 heavy (non-hydrogen) atoms. The second-order valence-electron chi connectivity index (χ2n) is 3.84. The molecule has 0 saturated heterocycles. The number of aliphatic hydroxyl groups is 1. The Balaban J connectivity index is 2.96. The molecular weight excluding hydrogens is 245 g/mol. The zero-order chi connectivity index (χ0) is 13.9. The van der Waals surface area contributed by atoms with Crippen LogP contribution in [0.3, 0.4) is 0 Å². The molecule has 0 aliphatic rings. The van der Waals surface area contributed by atoms with E-state index in [9.17, 15) is 19.1 Å². The molecule has 1 unspecified atom stereocenters. The number of amides is 1. The molecule has 0 fully saturated rings. The summed E-state index contributed by atoms with van der Waals surface area (Å²) in [5.74, 6) is -3.64. The Kier molecular flexibility index (Phi) is 3.87. The lowest BCUT2D eigenvalue weighted by molar-refractivity contribution is -0.159. The van der Waals surface area contributed by atoms with E-state index in [0.29, 0.717) is 0 Å². The number of primary amides is 1. The van der Waals surface area contributed by atoms with Gasteiger partial charge in [0.2, 0.25) is 0 Å². The van der Waals surface area contributed by atoms with E-state index in [1.807, 2.05) is 0 Å². The number of benzene rings is 1. The largest absolute Gasteiger partial charge is 0.489 e. The van der Waals surface area contributed by atoms with Crippen LogP contribution in [0.25, 0.3) is 0 Å². The Morgan fingerprint density at radius 3 is 2.61 bits per heavy atom. The smallest absolute Gasteiger partial charge is 0.339 e. The quantitative estimate of drug-likeness (QED) is 0.695. The van der Waals surface area contributed by atoms with Crippen LogP contribution < -0.4 is 10.5 Å². The predicted octanol–water partition coefficient (Wildman–Crippen LogP) is 0.139. The molecule has 0 spiro atoms. The van der Waals surface area contributed by atoms with Crippen LogP contribution in [-0.2, 0) is 4.79 Å². The van der Waals surface area contributed by atoms with Gasteiger partial charge in [-0.25, -0.2) is 9.18 Å². The van der Waals surface area contributed by atoms with E-state index in [1.165, 1.54) is 12.1 Å². The Labute approximate surface area is 102 Å². The van der Waals surface area contributed by atoms with Crippen LogP contribution in [0.15, 0.2) is 18.2 Å². The monoisotopic (exact) mass is 257 g/mol. The van der Waals surface area contributed by atoms with Crippen molar-refractivity contribution in [2.75, 3.05) is 6.61 Å². The topological polar surface area (TPSA) is 110 Å². The Bertz CT molecular complexity index is 486. The Morgan fingerprint density at radius 2 is 2.11 bits per heavy atom. The number of nitrogens with two attached hydrogens (primary N) is 1.